The zero-order valence-electron chi connectivity index (χ0n) is 11.9. The number of aromatic nitrogens is 1. The van der Waals surface area contributed by atoms with Gasteiger partial charge in [-0.25, -0.2) is 0 Å². The molecule has 3 nitrogen and oxygen atoms in total. The van der Waals surface area contributed by atoms with Crippen LogP contribution in [0, 0.1) is 0 Å². The number of hydrogen-bond donors (Lipinski definition) is 0. The van der Waals surface area contributed by atoms with Gasteiger partial charge < -0.3 is 9.47 Å². The molecule has 1 aliphatic heterocycles. The molecule has 0 aromatic carbocycles. The Kier molecular flexibility index (Phi) is 4.66. The lowest BCUT2D eigenvalue weighted by molar-refractivity contribution is 0.0685. The highest BCUT2D eigenvalue weighted by molar-refractivity contribution is 9.10. The van der Waals surface area contributed by atoms with Gasteiger partial charge in [0.15, 0.2) is 0 Å². The lowest BCUT2D eigenvalue weighted by atomic mass is 10.2. The molecule has 1 saturated heterocycles. The van der Waals surface area contributed by atoms with Gasteiger partial charge >= 0.3 is 0 Å². The van der Waals surface area contributed by atoms with Crippen LogP contribution in [0.4, 0.5) is 0 Å². The van der Waals surface area contributed by atoms with Crippen LogP contribution in [0.5, 0.6) is 0 Å². The summed E-state index contributed by atoms with van der Waals surface area (Å²) in [7, 11) is 0. The summed E-state index contributed by atoms with van der Waals surface area (Å²) >= 11 is 5.42. The van der Waals surface area contributed by atoms with E-state index in [-0.39, 0.29) is 11.9 Å². The number of carbonyl (C=O) groups excluding carboxylic acids is 1. The van der Waals surface area contributed by atoms with Crippen molar-refractivity contribution < 1.29 is 4.79 Å². The predicted octanol–water partition coefficient (Wildman–Crippen LogP) is 3.80. The largest absolute Gasteiger partial charge is 0.340 e. The molecule has 5 heteroatoms. The highest BCUT2D eigenvalue weighted by atomic mass is 79.9. The van der Waals surface area contributed by atoms with Gasteiger partial charge in [-0.2, -0.15) is 11.8 Å². The number of hydrogen-bond acceptors (Lipinski definition) is 2. The molecule has 0 spiro atoms. The Morgan fingerprint density at radius 3 is 2.79 bits per heavy atom. The zero-order chi connectivity index (χ0) is 14.2. The Hall–Kier alpha value is -0.420. The van der Waals surface area contributed by atoms with Gasteiger partial charge in [0.2, 0.25) is 0 Å². The highest BCUT2D eigenvalue weighted by Gasteiger charge is 2.31. The van der Waals surface area contributed by atoms with Crippen molar-refractivity contribution in [3.8, 4) is 0 Å². The first-order chi connectivity index (χ1) is 8.91. The second-order valence-corrected chi connectivity index (χ2v) is 7.76. The van der Waals surface area contributed by atoms with E-state index in [4.69, 9.17) is 0 Å². The minimum absolute atomic E-state index is 0.152. The van der Waals surface area contributed by atoms with E-state index in [1.165, 1.54) is 0 Å². The molecule has 0 N–H and O–H groups in total. The SMILES string of the molecule is CC1SCCN(C(=O)c2cc(Br)cn2C(C)C)C1C. The normalized spacial score (nSPS) is 24.0. The molecule has 19 heavy (non-hydrogen) atoms. The average molecular weight is 345 g/mol. The molecule has 1 amide bonds. The summed E-state index contributed by atoms with van der Waals surface area (Å²) in [6.45, 7) is 9.39. The fraction of sp³-hybridized carbons (Fsp3) is 0.643. The zero-order valence-corrected chi connectivity index (χ0v) is 14.3. The minimum atomic E-state index is 0.152. The van der Waals surface area contributed by atoms with Gasteiger partial charge in [0, 0.05) is 40.3 Å². The molecule has 0 radical (unpaired) electrons. The predicted molar refractivity (Wildman–Crippen MR) is 84.9 cm³/mol. The van der Waals surface area contributed by atoms with Crippen LogP contribution >= 0.6 is 27.7 Å². The Morgan fingerprint density at radius 2 is 2.16 bits per heavy atom. The van der Waals surface area contributed by atoms with Gasteiger partial charge in [-0.15, -0.1) is 0 Å². The first-order valence-electron chi connectivity index (χ1n) is 6.71. The second-order valence-electron chi connectivity index (χ2n) is 5.36. The van der Waals surface area contributed by atoms with Crippen molar-refractivity contribution in [3.63, 3.8) is 0 Å². The molecule has 2 unspecified atom stereocenters. The third-order valence-electron chi connectivity index (χ3n) is 3.74. The Labute approximate surface area is 127 Å². The average Bonchev–Trinajstić information content (AvgIpc) is 2.74. The Bertz CT molecular complexity index is 472. The first-order valence-corrected chi connectivity index (χ1v) is 8.56. The number of rotatable bonds is 2. The van der Waals surface area contributed by atoms with Crippen molar-refractivity contribution in [2.75, 3.05) is 12.3 Å². The molecule has 1 aromatic heterocycles. The maximum Gasteiger partial charge on any atom is 0.270 e. The van der Waals surface area contributed by atoms with Crippen molar-refractivity contribution in [3.05, 3.63) is 22.4 Å². The fourth-order valence-corrected chi connectivity index (χ4v) is 3.95. The monoisotopic (exact) mass is 344 g/mol. The van der Waals surface area contributed by atoms with Crippen LogP contribution < -0.4 is 0 Å². The van der Waals surface area contributed by atoms with E-state index >= 15 is 0 Å². The first kappa shape index (κ1) is 15.0. The molecular formula is C14H21BrN2OS. The van der Waals surface area contributed by atoms with Gasteiger partial charge in [0.25, 0.3) is 5.91 Å². The Balaban J connectivity index is 2.28. The highest BCUT2D eigenvalue weighted by Crippen LogP contribution is 2.27. The van der Waals surface area contributed by atoms with Crippen LogP contribution in [0.25, 0.3) is 0 Å². The molecule has 0 saturated carbocycles. The van der Waals surface area contributed by atoms with Gasteiger partial charge in [0.1, 0.15) is 5.69 Å². The smallest absolute Gasteiger partial charge is 0.270 e. The van der Waals surface area contributed by atoms with Crippen LogP contribution in [0.15, 0.2) is 16.7 Å². The van der Waals surface area contributed by atoms with Gasteiger partial charge in [-0.05, 0) is 42.8 Å². The van der Waals surface area contributed by atoms with Crippen LogP contribution in [0.2, 0.25) is 0 Å². The van der Waals surface area contributed by atoms with Crippen molar-refractivity contribution >= 4 is 33.6 Å². The lowest BCUT2D eigenvalue weighted by Crippen LogP contribution is -2.48. The van der Waals surface area contributed by atoms with Crippen molar-refractivity contribution in [2.45, 2.75) is 45.0 Å². The summed E-state index contributed by atoms with van der Waals surface area (Å²) in [4.78, 5) is 14.8. The van der Waals surface area contributed by atoms with E-state index in [2.05, 4.69) is 43.6 Å². The molecule has 0 bridgehead atoms. The molecule has 1 aliphatic rings. The molecular weight excluding hydrogens is 324 g/mol. The number of halogens is 1. The maximum absolute atomic E-state index is 12.8. The molecule has 2 rings (SSSR count). The van der Waals surface area contributed by atoms with Gasteiger partial charge in [0.05, 0.1) is 0 Å². The van der Waals surface area contributed by atoms with E-state index in [0.29, 0.717) is 11.3 Å². The molecule has 1 aromatic rings. The summed E-state index contributed by atoms with van der Waals surface area (Å²) in [5.41, 5.74) is 0.785. The summed E-state index contributed by atoms with van der Waals surface area (Å²) in [6, 6.07) is 2.51. The summed E-state index contributed by atoms with van der Waals surface area (Å²) in [5, 5.41) is 0.503. The maximum atomic E-state index is 12.8. The lowest BCUT2D eigenvalue weighted by Gasteiger charge is -2.37. The van der Waals surface area contributed by atoms with E-state index < -0.39 is 0 Å². The summed E-state index contributed by atoms with van der Waals surface area (Å²) in [6.07, 6.45) is 1.99. The number of carbonyl (C=O) groups is 1. The van der Waals surface area contributed by atoms with Crippen LogP contribution in [0.1, 0.15) is 44.2 Å². The van der Waals surface area contributed by atoms with Gasteiger partial charge in [-0.1, -0.05) is 6.92 Å². The molecule has 2 atom stereocenters. The fourth-order valence-electron chi connectivity index (χ4n) is 2.41. The van der Waals surface area contributed by atoms with Crippen molar-refractivity contribution in [2.24, 2.45) is 0 Å². The van der Waals surface area contributed by atoms with Crippen molar-refractivity contribution in [1.82, 2.24) is 9.47 Å². The van der Waals surface area contributed by atoms with E-state index in [9.17, 15) is 4.79 Å². The minimum Gasteiger partial charge on any atom is -0.340 e. The summed E-state index contributed by atoms with van der Waals surface area (Å²) in [5.74, 6) is 1.18. The number of amides is 1. The van der Waals surface area contributed by atoms with Crippen LogP contribution in [-0.4, -0.2) is 39.0 Å². The van der Waals surface area contributed by atoms with Crippen molar-refractivity contribution in [1.29, 1.82) is 0 Å². The van der Waals surface area contributed by atoms with E-state index in [0.717, 1.165) is 22.5 Å². The third-order valence-corrected chi connectivity index (χ3v) is 5.51. The van der Waals surface area contributed by atoms with E-state index in [1.54, 1.807) is 0 Å². The van der Waals surface area contributed by atoms with Gasteiger partial charge in [-0.3, -0.25) is 4.79 Å². The quantitative estimate of drug-likeness (QED) is 0.815. The molecule has 2 heterocycles. The number of nitrogens with zero attached hydrogens (tertiary/aromatic N) is 2. The second kappa shape index (κ2) is 5.92. The molecule has 0 aliphatic carbocycles. The Morgan fingerprint density at radius 1 is 1.47 bits per heavy atom. The molecule has 1 fully saturated rings. The summed E-state index contributed by atoms with van der Waals surface area (Å²) < 4.78 is 3.02. The third kappa shape index (κ3) is 3.02. The molecule has 106 valence electrons. The standard InChI is InChI=1S/C14H21BrN2OS/c1-9(2)17-8-12(15)7-13(17)14(18)16-5-6-19-11(4)10(16)3/h7-11H,5-6H2,1-4H3. The topological polar surface area (TPSA) is 25.2 Å². The van der Waals surface area contributed by atoms with Crippen LogP contribution in [0.3, 0.4) is 0 Å². The number of thioether (sulfide) groups is 1. The van der Waals surface area contributed by atoms with Crippen LogP contribution in [-0.2, 0) is 0 Å². The van der Waals surface area contributed by atoms with E-state index in [1.807, 2.05) is 33.5 Å².